The SMILES string of the molecule is Cc1c(O)cccc1OCc1cccc(C#N)c1F. The number of phenolic OH excluding ortho intramolecular Hbond substituents is 1. The van der Waals surface area contributed by atoms with E-state index in [0.29, 0.717) is 16.9 Å². The average Bonchev–Trinajstić information content (AvgIpc) is 2.42. The Morgan fingerprint density at radius 2 is 2.00 bits per heavy atom. The van der Waals surface area contributed by atoms with Gasteiger partial charge in [0.05, 0.1) is 5.56 Å². The summed E-state index contributed by atoms with van der Waals surface area (Å²) in [6, 6.07) is 11.3. The summed E-state index contributed by atoms with van der Waals surface area (Å²) in [5, 5.41) is 18.3. The van der Waals surface area contributed by atoms with Crippen molar-refractivity contribution in [2.45, 2.75) is 13.5 Å². The van der Waals surface area contributed by atoms with Crippen LogP contribution in [0.4, 0.5) is 4.39 Å². The smallest absolute Gasteiger partial charge is 0.147 e. The molecule has 0 bridgehead atoms. The van der Waals surface area contributed by atoms with Crippen molar-refractivity contribution in [3.63, 3.8) is 0 Å². The first-order valence-corrected chi connectivity index (χ1v) is 5.72. The van der Waals surface area contributed by atoms with Gasteiger partial charge in [0.2, 0.25) is 0 Å². The van der Waals surface area contributed by atoms with Crippen LogP contribution >= 0.6 is 0 Å². The minimum absolute atomic E-state index is 0.00560. The summed E-state index contributed by atoms with van der Waals surface area (Å²) >= 11 is 0. The molecule has 0 saturated heterocycles. The van der Waals surface area contributed by atoms with Crippen molar-refractivity contribution in [1.29, 1.82) is 5.26 Å². The number of halogens is 1. The summed E-state index contributed by atoms with van der Waals surface area (Å²) in [6.07, 6.45) is 0. The Balaban J connectivity index is 2.20. The molecule has 2 aromatic rings. The number of benzene rings is 2. The fraction of sp³-hybridized carbons (Fsp3) is 0.133. The Morgan fingerprint density at radius 1 is 1.26 bits per heavy atom. The van der Waals surface area contributed by atoms with Gasteiger partial charge in [-0.2, -0.15) is 5.26 Å². The van der Waals surface area contributed by atoms with Gasteiger partial charge in [-0.05, 0) is 25.1 Å². The number of rotatable bonds is 3. The van der Waals surface area contributed by atoms with E-state index in [1.807, 2.05) is 0 Å². The second kappa shape index (κ2) is 5.40. The quantitative estimate of drug-likeness (QED) is 0.917. The molecule has 1 N–H and O–H groups in total. The van der Waals surface area contributed by atoms with Crippen LogP contribution in [-0.4, -0.2) is 5.11 Å². The van der Waals surface area contributed by atoms with E-state index in [-0.39, 0.29) is 17.9 Å². The van der Waals surface area contributed by atoms with Crippen LogP contribution in [0.3, 0.4) is 0 Å². The predicted octanol–water partition coefficient (Wildman–Crippen LogP) is 3.29. The summed E-state index contributed by atoms with van der Waals surface area (Å²) in [5.74, 6) is 0.0494. The van der Waals surface area contributed by atoms with Crippen LogP contribution in [0.25, 0.3) is 0 Å². The minimum Gasteiger partial charge on any atom is -0.508 e. The predicted molar refractivity (Wildman–Crippen MR) is 68.3 cm³/mol. The van der Waals surface area contributed by atoms with Crippen molar-refractivity contribution in [3.8, 4) is 17.6 Å². The van der Waals surface area contributed by atoms with Crippen LogP contribution in [0.2, 0.25) is 0 Å². The Bertz CT molecular complexity index is 647. The van der Waals surface area contributed by atoms with Crippen molar-refractivity contribution in [1.82, 2.24) is 0 Å². The highest BCUT2D eigenvalue weighted by Gasteiger charge is 2.09. The van der Waals surface area contributed by atoms with Crippen LogP contribution in [0.15, 0.2) is 36.4 Å². The Kier molecular flexibility index (Phi) is 3.67. The van der Waals surface area contributed by atoms with Gasteiger partial charge in [0.1, 0.15) is 30.0 Å². The van der Waals surface area contributed by atoms with Gasteiger partial charge in [-0.3, -0.25) is 0 Å². The molecule has 2 rings (SSSR count). The van der Waals surface area contributed by atoms with Crippen LogP contribution in [0, 0.1) is 24.1 Å². The lowest BCUT2D eigenvalue weighted by atomic mass is 10.1. The van der Waals surface area contributed by atoms with Crippen molar-refractivity contribution >= 4 is 0 Å². The molecule has 0 aliphatic carbocycles. The summed E-state index contributed by atoms with van der Waals surface area (Å²) in [6.45, 7) is 1.72. The molecule has 96 valence electrons. The van der Waals surface area contributed by atoms with Crippen LogP contribution in [0.5, 0.6) is 11.5 Å². The molecule has 0 aliphatic heterocycles. The zero-order chi connectivity index (χ0) is 13.8. The lowest BCUT2D eigenvalue weighted by molar-refractivity contribution is 0.295. The maximum Gasteiger partial charge on any atom is 0.147 e. The van der Waals surface area contributed by atoms with E-state index >= 15 is 0 Å². The van der Waals surface area contributed by atoms with Gasteiger partial charge < -0.3 is 9.84 Å². The second-order valence-corrected chi connectivity index (χ2v) is 4.08. The highest BCUT2D eigenvalue weighted by atomic mass is 19.1. The van der Waals surface area contributed by atoms with Crippen molar-refractivity contribution < 1.29 is 14.2 Å². The number of nitriles is 1. The van der Waals surface area contributed by atoms with E-state index in [1.54, 1.807) is 43.3 Å². The largest absolute Gasteiger partial charge is 0.508 e. The Labute approximate surface area is 110 Å². The first kappa shape index (κ1) is 12.9. The van der Waals surface area contributed by atoms with Crippen LogP contribution < -0.4 is 4.74 Å². The monoisotopic (exact) mass is 257 g/mol. The Morgan fingerprint density at radius 3 is 2.74 bits per heavy atom. The molecular formula is C15H12FNO2. The van der Waals surface area contributed by atoms with Gasteiger partial charge in [0.15, 0.2) is 0 Å². The van der Waals surface area contributed by atoms with Gasteiger partial charge >= 0.3 is 0 Å². The molecule has 0 aromatic heterocycles. The van der Waals surface area contributed by atoms with Gasteiger partial charge in [-0.1, -0.05) is 18.2 Å². The van der Waals surface area contributed by atoms with E-state index in [1.165, 1.54) is 6.07 Å². The second-order valence-electron chi connectivity index (χ2n) is 4.08. The number of ether oxygens (including phenoxy) is 1. The molecule has 0 unspecified atom stereocenters. The molecule has 2 aromatic carbocycles. The van der Waals surface area contributed by atoms with Gasteiger partial charge in [-0.25, -0.2) is 4.39 Å². The summed E-state index contributed by atoms with van der Waals surface area (Å²) in [7, 11) is 0. The lowest BCUT2D eigenvalue weighted by Gasteiger charge is -2.10. The van der Waals surface area contributed by atoms with Gasteiger partial charge in [0.25, 0.3) is 0 Å². The van der Waals surface area contributed by atoms with Crippen LogP contribution in [0.1, 0.15) is 16.7 Å². The van der Waals surface area contributed by atoms with Crippen molar-refractivity contribution in [2.24, 2.45) is 0 Å². The van der Waals surface area contributed by atoms with Gasteiger partial charge in [0, 0.05) is 11.1 Å². The first-order valence-electron chi connectivity index (χ1n) is 5.72. The van der Waals surface area contributed by atoms with E-state index in [9.17, 15) is 9.50 Å². The molecule has 0 aliphatic rings. The van der Waals surface area contributed by atoms with Gasteiger partial charge in [-0.15, -0.1) is 0 Å². The summed E-state index contributed by atoms with van der Waals surface area (Å²) in [4.78, 5) is 0. The third-order valence-electron chi connectivity index (χ3n) is 2.84. The molecule has 0 amide bonds. The summed E-state index contributed by atoms with van der Waals surface area (Å²) in [5.41, 5.74) is 0.898. The first-order chi connectivity index (χ1) is 9.13. The standard InChI is InChI=1S/C15H12FNO2/c1-10-13(18)6-3-7-14(10)19-9-12-5-2-4-11(8-17)15(12)16/h2-7,18H,9H2,1H3. The number of hydrogen-bond acceptors (Lipinski definition) is 3. The molecule has 0 atom stereocenters. The maximum atomic E-state index is 13.8. The highest BCUT2D eigenvalue weighted by molar-refractivity contribution is 5.43. The van der Waals surface area contributed by atoms with Crippen molar-refractivity contribution in [2.75, 3.05) is 0 Å². The van der Waals surface area contributed by atoms with E-state index in [4.69, 9.17) is 10.00 Å². The third-order valence-corrected chi connectivity index (χ3v) is 2.84. The normalized spacial score (nSPS) is 9.95. The maximum absolute atomic E-state index is 13.8. The van der Waals surface area contributed by atoms with Crippen LogP contribution in [-0.2, 0) is 6.61 Å². The molecule has 19 heavy (non-hydrogen) atoms. The van der Waals surface area contributed by atoms with E-state index in [2.05, 4.69) is 0 Å². The zero-order valence-corrected chi connectivity index (χ0v) is 10.4. The molecule has 0 spiro atoms. The molecule has 0 heterocycles. The molecule has 0 radical (unpaired) electrons. The molecular weight excluding hydrogens is 245 g/mol. The highest BCUT2D eigenvalue weighted by Crippen LogP contribution is 2.27. The number of hydrogen-bond donors (Lipinski definition) is 1. The van der Waals surface area contributed by atoms with E-state index in [0.717, 1.165) is 0 Å². The Hall–Kier alpha value is -2.54. The summed E-state index contributed by atoms with van der Waals surface area (Å²) < 4.78 is 19.3. The molecule has 0 saturated carbocycles. The molecule has 4 heteroatoms. The molecule has 0 fully saturated rings. The minimum atomic E-state index is -0.567. The fourth-order valence-electron chi connectivity index (χ4n) is 1.69. The lowest BCUT2D eigenvalue weighted by Crippen LogP contribution is -2.01. The molecule has 3 nitrogen and oxygen atoms in total. The topological polar surface area (TPSA) is 53.2 Å². The average molecular weight is 257 g/mol. The van der Waals surface area contributed by atoms with E-state index < -0.39 is 5.82 Å². The fourth-order valence-corrected chi connectivity index (χ4v) is 1.69. The number of phenols is 1. The zero-order valence-electron chi connectivity index (χ0n) is 10.4. The third kappa shape index (κ3) is 2.66. The van der Waals surface area contributed by atoms with Crippen molar-refractivity contribution in [3.05, 3.63) is 58.9 Å². The number of nitrogens with zero attached hydrogens (tertiary/aromatic N) is 1. The number of aromatic hydroxyl groups is 1.